The first-order valence-electron chi connectivity index (χ1n) is 6.11. The molecule has 2 N–H and O–H groups in total. The summed E-state index contributed by atoms with van der Waals surface area (Å²) in [6.45, 7) is -1.03. The smallest absolute Gasteiger partial charge is 0.387 e. The van der Waals surface area contributed by atoms with Gasteiger partial charge in [0.15, 0.2) is 0 Å². The zero-order valence-electron chi connectivity index (χ0n) is 11.1. The van der Waals surface area contributed by atoms with E-state index in [4.69, 9.17) is 5.11 Å². The molecule has 0 heterocycles. The van der Waals surface area contributed by atoms with Crippen LogP contribution in [0.15, 0.2) is 42.5 Å². The summed E-state index contributed by atoms with van der Waals surface area (Å²) >= 11 is 0. The molecule has 0 amide bonds. The predicted molar refractivity (Wildman–Crippen MR) is 74.5 cm³/mol. The van der Waals surface area contributed by atoms with Crippen molar-refractivity contribution in [2.24, 2.45) is 0 Å². The first-order valence-corrected chi connectivity index (χ1v) is 6.11. The number of anilines is 2. The van der Waals surface area contributed by atoms with Crippen LogP contribution >= 0.6 is 0 Å². The van der Waals surface area contributed by atoms with Crippen molar-refractivity contribution in [2.45, 2.75) is 13.5 Å². The van der Waals surface area contributed by atoms with Gasteiger partial charge in [0, 0.05) is 5.69 Å². The van der Waals surface area contributed by atoms with Crippen molar-refractivity contribution in [3.05, 3.63) is 53.6 Å². The molecule has 0 aliphatic rings. The minimum Gasteiger partial charge on any atom is -0.478 e. The second-order valence-electron chi connectivity index (χ2n) is 4.38. The quantitative estimate of drug-likeness (QED) is 0.873. The Balaban J connectivity index is 2.22. The second-order valence-corrected chi connectivity index (χ2v) is 4.38. The van der Waals surface area contributed by atoms with Crippen LogP contribution in [-0.4, -0.2) is 17.7 Å². The molecule has 0 bridgehead atoms. The van der Waals surface area contributed by atoms with Gasteiger partial charge in [-0.1, -0.05) is 6.07 Å². The summed E-state index contributed by atoms with van der Waals surface area (Å²) in [5.41, 5.74) is 2.04. The second kappa shape index (κ2) is 6.21. The average molecular weight is 293 g/mol. The van der Waals surface area contributed by atoms with E-state index in [0.29, 0.717) is 11.4 Å². The summed E-state index contributed by atoms with van der Waals surface area (Å²) in [5.74, 6) is -1.01. The number of aromatic carboxylic acids is 1. The van der Waals surface area contributed by atoms with Gasteiger partial charge in [-0.05, 0) is 48.9 Å². The summed E-state index contributed by atoms with van der Waals surface area (Å²) in [6.07, 6.45) is 0. The zero-order valence-corrected chi connectivity index (χ0v) is 11.1. The van der Waals surface area contributed by atoms with E-state index in [-0.39, 0.29) is 11.3 Å². The van der Waals surface area contributed by atoms with Gasteiger partial charge in [0.05, 0.1) is 11.3 Å². The van der Waals surface area contributed by atoms with Crippen molar-refractivity contribution in [3.8, 4) is 5.75 Å². The fraction of sp³-hybridized carbons (Fsp3) is 0.133. The Morgan fingerprint density at radius 2 is 1.86 bits per heavy atom. The van der Waals surface area contributed by atoms with Crippen LogP contribution in [0, 0.1) is 6.92 Å². The first-order chi connectivity index (χ1) is 9.95. The summed E-state index contributed by atoms with van der Waals surface area (Å²) in [4.78, 5) is 11.2. The topological polar surface area (TPSA) is 58.6 Å². The van der Waals surface area contributed by atoms with Crippen LogP contribution in [0.2, 0.25) is 0 Å². The van der Waals surface area contributed by atoms with E-state index in [0.717, 1.165) is 5.56 Å². The minimum absolute atomic E-state index is 0.0400. The number of carbonyl (C=O) groups is 1. The molecule has 0 spiro atoms. The molecule has 21 heavy (non-hydrogen) atoms. The molecule has 0 aromatic heterocycles. The van der Waals surface area contributed by atoms with Crippen LogP contribution in [0.1, 0.15) is 15.9 Å². The minimum atomic E-state index is -2.88. The summed E-state index contributed by atoms with van der Waals surface area (Å²) in [6, 6.07) is 10.7. The molecule has 110 valence electrons. The molecule has 0 fully saturated rings. The molecule has 0 atom stereocenters. The van der Waals surface area contributed by atoms with E-state index in [9.17, 15) is 13.6 Å². The monoisotopic (exact) mass is 293 g/mol. The highest BCUT2D eigenvalue weighted by molar-refractivity contribution is 5.95. The fourth-order valence-corrected chi connectivity index (χ4v) is 1.82. The molecule has 0 saturated carbocycles. The lowest BCUT2D eigenvalue weighted by atomic mass is 10.1. The van der Waals surface area contributed by atoms with E-state index in [1.807, 2.05) is 6.92 Å². The highest BCUT2D eigenvalue weighted by Crippen LogP contribution is 2.24. The Labute approximate surface area is 120 Å². The van der Waals surface area contributed by atoms with Crippen LogP contribution in [0.25, 0.3) is 0 Å². The number of nitrogens with one attached hydrogen (secondary N) is 1. The average Bonchev–Trinajstić information content (AvgIpc) is 2.40. The lowest BCUT2D eigenvalue weighted by Crippen LogP contribution is -2.04. The van der Waals surface area contributed by atoms with Gasteiger partial charge < -0.3 is 15.2 Å². The Bertz CT molecular complexity index is 642. The Hall–Kier alpha value is -2.63. The normalized spacial score (nSPS) is 10.5. The lowest BCUT2D eigenvalue weighted by molar-refractivity contribution is -0.0498. The van der Waals surface area contributed by atoms with Crippen molar-refractivity contribution in [1.29, 1.82) is 0 Å². The number of rotatable bonds is 5. The number of hydrogen-bond acceptors (Lipinski definition) is 3. The first kappa shape index (κ1) is 14.8. The largest absolute Gasteiger partial charge is 0.478 e. The Kier molecular flexibility index (Phi) is 4.37. The molecular formula is C15H13F2NO3. The molecule has 0 radical (unpaired) electrons. The Morgan fingerprint density at radius 3 is 2.43 bits per heavy atom. The van der Waals surface area contributed by atoms with Crippen molar-refractivity contribution < 1.29 is 23.4 Å². The molecule has 2 aromatic carbocycles. The summed E-state index contributed by atoms with van der Waals surface area (Å²) < 4.78 is 28.3. The maximum atomic E-state index is 12.1. The number of carboxylic acid groups (broad SMARTS) is 1. The molecule has 0 aliphatic heterocycles. The lowest BCUT2D eigenvalue weighted by Gasteiger charge is -2.11. The van der Waals surface area contributed by atoms with Gasteiger partial charge >= 0.3 is 12.6 Å². The van der Waals surface area contributed by atoms with Crippen molar-refractivity contribution in [1.82, 2.24) is 0 Å². The molecule has 0 saturated heterocycles. The molecule has 0 aliphatic carbocycles. The molecule has 0 unspecified atom stereocenters. The Morgan fingerprint density at radius 1 is 1.19 bits per heavy atom. The zero-order chi connectivity index (χ0) is 15.4. The van der Waals surface area contributed by atoms with Crippen LogP contribution in [0.4, 0.5) is 20.2 Å². The van der Waals surface area contributed by atoms with E-state index in [2.05, 4.69) is 10.1 Å². The predicted octanol–water partition coefficient (Wildman–Crippen LogP) is 4.04. The number of hydrogen-bond donors (Lipinski definition) is 2. The number of alkyl halides is 2. The molecule has 2 rings (SSSR count). The van der Waals surface area contributed by atoms with E-state index < -0.39 is 12.6 Å². The van der Waals surface area contributed by atoms with Gasteiger partial charge in [0.1, 0.15) is 5.75 Å². The van der Waals surface area contributed by atoms with Crippen LogP contribution < -0.4 is 10.1 Å². The summed E-state index contributed by atoms with van der Waals surface area (Å²) in [7, 11) is 0. The number of ether oxygens (including phenoxy) is 1. The third-order valence-electron chi connectivity index (χ3n) is 2.76. The van der Waals surface area contributed by atoms with Gasteiger partial charge in [-0.2, -0.15) is 8.78 Å². The standard InChI is InChI=1S/C15H13F2NO3/c1-9-2-7-12(14(19)20)13(8-9)18-10-3-5-11(6-4-10)21-15(16)17/h2-8,15,18H,1H3,(H,19,20). The highest BCUT2D eigenvalue weighted by Gasteiger charge is 2.10. The van der Waals surface area contributed by atoms with Gasteiger partial charge in [-0.15, -0.1) is 0 Å². The van der Waals surface area contributed by atoms with Crippen LogP contribution in [0.5, 0.6) is 5.75 Å². The third kappa shape index (κ3) is 3.92. The molecule has 4 nitrogen and oxygen atoms in total. The maximum absolute atomic E-state index is 12.1. The van der Waals surface area contributed by atoms with E-state index >= 15 is 0 Å². The number of carboxylic acids is 1. The van der Waals surface area contributed by atoms with Gasteiger partial charge in [0.2, 0.25) is 0 Å². The van der Waals surface area contributed by atoms with Crippen molar-refractivity contribution >= 4 is 17.3 Å². The number of benzene rings is 2. The molecule has 6 heteroatoms. The molecular weight excluding hydrogens is 280 g/mol. The fourth-order valence-electron chi connectivity index (χ4n) is 1.82. The van der Waals surface area contributed by atoms with Gasteiger partial charge in [-0.3, -0.25) is 0 Å². The van der Waals surface area contributed by atoms with E-state index in [1.165, 1.54) is 30.3 Å². The van der Waals surface area contributed by atoms with Gasteiger partial charge in [-0.25, -0.2) is 4.79 Å². The van der Waals surface area contributed by atoms with Crippen molar-refractivity contribution in [3.63, 3.8) is 0 Å². The van der Waals surface area contributed by atoms with E-state index in [1.54, 1.807) is 12.1 Å². The SMILES string of the molecule is Cc1ccc(C(=O)O)c(Nc2ccc(OC(F)F)cc2)c1. The van der Waals surface area contributed by atoms with Crippen molar-refractivity contribution in [2.75, 3.05) is 5.32 Å². The summed E-state index contributed by atoms with van der Waals surface area (Å²) in [5, 5.41) is 12.1. The van der Waals surface area contributed by atoms with Crippen LogP contribution in [-0.2, 0) is 0 Å². The highest BCUT2D eigenvalue weighted by atomic mass is 19.3. The molecule has 2 aromatic rings. The maximum Gasteiger partial charge on any atom is 0.387 e. The van der Waals surface area contributed by atoms with Gasteiger partial charge in [0.25, 0.3) is 0 Å². The third-order valence-corrected chi connectivity index (χ3v) is 2.76. The number of halogens is 2. The number of aryl methyl sites for hydroxylation is 1. The van der Waals surface area contributed by atoms with Crippen LogP contribution in [0.3, 0.4) is 0 Å².